The molecular weight excluding hydrogens is 172 g/mol. The second-order valence-corrected chi connectivity index (χ2v) is 4.84. The Morgan fingerprint density at radius 2 is 2.00 bits per heavy atom. The van der Waals surface area contributed by atoms with Gasteiger partial charge >= 0.3 is 0 Å². The number of hydrogen-bond acceptors (Lipinski definition) is 1. The Kier molecular flexibility index (Phi) is 2.95. The molecule has 1 aliphatic rings. The van der Waals surface area contributed by atoms with Gasteiger partial charge in [-0.05, 0) is 23.7 Å². The first-order chi connectivity index (χ1) is 5.87. The zero-order chi connectivity index (χ0) is 10.1. The van der Waals surface area contributed by atoms with Crippen molar-refractivity contribution < 1.29 is 8.78 Å². The van der Waals surface area contributed by atoms with Crippen LogP contribution in [0.5, 0.6) is 0 Å². The maximum Gasteiger partial charge on any atom is 0.250 e. The average molecular weight is 190 g/mol. The van der Waals surface area contributed by atoms with Gasteiger partial charge in [0, 0.05) is 6.54 Å². The van der Waals surface area contributed by atoms with E-state index >= 15 is 0 Å². The molecule has 0 aromatic carbocycles. The average Bonchev–Trinajstić information content (AvgIpc) is 2.65. The van der Waals surface area contributed by atoms with E-state index in [4.69, 9.17) is 0 Å². The van der Waals surface area contributed by atoms with Gasteiger partial charge in [0.1, 0.15) is 0 Å². The molecule has 1 unspecified atom stereocenters. The Balaban J connectivity index is 2.29. The van der Waals surface area contributed by atoms with Crippen LogP contribution in [0.3, 0.4) is 0 Å². The lowest BCUT2D eigenvalue weighted by Crippen LogP contribution is -2.35. The Hall–Kier alpha value is -0.180. The molecule has 1 fully saturated rings. The van der Waals surface area contributed by atoms with Crippen molar-refractivity contribution in [2.75, 3.05) is 13.1 Å². The fraction of sp³-hybridized carbons (Fsp3) is 0.900. The van der Waals surface area contributed by atoms with Crippen LogP contribution in [-0.4, -0.2) is 19.5 Å². The second kappa shape index (κ2) is 3.52. The van der Waals surface area contributed by atoms with Crippen molar-refractivity contribution in [1.29, 1.82) is 0 Å². The highest BCUT2D eigenvalue weighted by molar-refractivity contribution is 5.17. The van der Waals surface area contributed by atoms with Gasteiger partial charge in [-0.1, -0.05) is 20.8 Å². The van der Waals surface area contributed by atoms with Gasteiger partial charge in [0.15, 0.2) is 0 Å². The Labute approximate surface area is 78.9 Å². The molecule has 0 bridgehead atoms. The zero-order valence-electron chi connectivity index (χ0n) is 8.53. The zero-order valence-corrected chi connectivity index (χ0v) is 8.53. The van der Waals surface area contributed by atoms with Gasteiger partial charge in [0.2, 0.25) is 0 Å². The van der Waals surface area contributed by atoms with Gasteiger partial charge in [0.25, 0.3) is 6.43 Å². The van der Waals surface area contributed by atoms with E-state index in [0.717, 1.165) is 6.42 Å². The van der Waals surface area contributed by atoms with E-state index < -0.39 is 6.43 Å². The third kappa shape index (κ3) is 2.63. The van der Waals surface area contributed by atoms with E-state index in [1.165, 1.54) is 0 Å². The van der Waals surface area contributed by atoms with E-state index in [1.807, 2.05) is 0 Å². The monoisotopic (exact) mass is 190 g/mol. The molecule has 1 saturated carbocycles. The fourth-order valence-corrected chi connectivity index (χ4v) is 1.55. The van der Waals surface area contributed by atoms with Gasteiger partial charge in [0.05, 0.1) is 6.54 Å². The summed E-state index contributed by atoms with van der Waals surface area (Å²) in [5, 5.41) is 2.81. The van der Waals surface area contributed by atoms with Crippen molar-refractivity contribution in [3.05, 3.63) is 6.42 Å². The summed E-state index contributed by atoms with van der Waals surface area (Å²) < 4.78 is 23.7. The minimum Gasteiger partial charge on any atom is -0.311 e. The summed E-state index contributed by atoms with van der Waals surface area (Å²) in [5.41, 5.74) is 0.337. The molecule has 0 amide bonds. The molecule has 1 atom stereocenters. The number of halogens is 2. The van der Waals surface area contributed by atoms with Crippen LogP contribution in [-0.2, 0) is 0 Å². The van der Waals surface area contributed by atoms with Crippen molar-refractivity contribution in [1.82, 2.24) is 5.32 Å². The molecule has 0 aliphatic heterocycles. The first-order valence-corrected chi connectivity index (χ1v) is 4.71. The first-order valence-electron chi connectivity index (χ1n) is 4.71. The van der Waals surface area contributed by atoms with Crippen LogP contribution in [0, 0.1) is 17.3 Å². The quantitative estimate of drug-likeness (QED) is 0.718. The lowest BCUT2D eigenvalue weighted by atomic mass is 9.77. The van der Waals surface area contributed by atoms with Gasteiger partial charge < -0.3 is 5.32 Å². The summed E-state index contributed by atoms with van der Waals surface area (Å²) in [4.78, 5) is 0. The van der Waals surface area contributed by atoms with E-state index in [-0.39, 0.29) is 17.4 Å². The highest BCUT2D eigenvalue weighted by atomic mass is 19.3. The predicted molar refractivity (Wildman–Crippen MR) is 49.7 cm³/mol. The summed E-state index contributed by atoms with van der Waals surface area (Å²) in [5.74, 6) is 0. The minimum atomic E-state index is -2.24. The molecule has 1 aliphatic carbocycles. The standard InChI is InChI=1S/C10H18F2N/c1-9(2,3)10(4-5-10)7-13-6-8(11)12/h4,8,13H,5-7H2,1-3H3. The topological polar surface area (TPSA) is 12.0 Å². The highest BCUT2D eigenvalue weighted by Crippen LogP contribution is 2.56. The molecule has 1 nitrogen and oxygen atoms in total. The predicted octanol–water partition coefficient (Wildman–Crippen LogP) is 2.48. The van der Waals surface area contributed by atoms with Crippen molar-refractivity contribution >= 4 is 0 Å². The van der Waals surface area contributed by atoms with Crippen molar-refractivity contribution in [3.63, 3.8) is 0 Å². The first kappa shape index (κ1) is 10.9. The molecule has 77 valence electrons. The van der Waals surface area contributed by atoms with Gasteiger partial charge in [-0.3, -0.25) is 0 Å². The lowest BCUT2D eigenvalue weighted by Gasteiger charge is -2.31. The molecule has 1 radical (unpaired) electrons. The van der Waals surface area contributed by atoms with E-state index in [9.17, 15) is 8.78 Å². The summed E-state index contributed by atoms with van der Waals surface area (Å²) in [6.45, 7) is 6.95. The van der Waals surface area contributed by atoms with Crippen LogP contribution in [0.4, 0.5) is 8.78 Å². The van der Waals surface area contributed by atoms with Crippen LogP contribution in [0.2, 0.25) is 0 Å². The third-order valence-electron chi connectivity index (χ3n) is 2.93. The summed E-state index contributed by atoms with van der Waals surface area (Å²) in [6, 6.07) is 0. The van der Waals surface area contributed by atoms with Gasteiger partial charge in [-0.15, -0.1) is 0 Å². The van der Waals surface area contributed by atoms with Crippen LogP contribution >= 0.6 is 0 Å². The largest absolute Gasteiger partial charge is 0.311 e. The molecule has 0 aromatic rings. The van der Waals surface area contributed by atoms with Crippen molar-refractivity contribution in [2.24, 2.45) is 10.8 Å². The molecular formula is C10H18F2N. The maximum absolute atomic E-state index is 11.9. The highest BCUT2D eigenvalue weighted by Gasteiger charge is 2.51. The molecule has 0 heterocycles. The third-order valence-corrected chi connectivity index (χ3v) is 2.93. The Morgan fingerprint density at radius 3 is 2.31 bits per heavy atom. The van der Waals surface area contributed by atoms with E-state index in [0.29, 0.717) is 6.54 Å². The molecule has 13 heavy (non-hydrogen) atoms. The Bertz CT molecular complexity index is 168. The normalized spacial score (nSPS) is 20.8. The molecule has 1 N–H and O–H groups in total. The molecule has 3 heteroatoms. The van der Waals surface area contributed by atoms with Gasteiger partial charge in [-0.25, -0.2) is 8.78 Å². The SMILES string of the molecule is CC(C)(C)C1(CNCC(F)F)[CH]C1. The van der Waals surface area contributed by atoms with Crippen LogP contribution < -0.4 is 5.32 Å². The summed E-state index contributed by atoms with van der Waals surface area (Å²) in [7, 11) is 0. The lowest BCUT2D eigenvalue weighted by molar-refractivity contribution is 0.136. The fourth-order valence-electron chi connectivity index (χ4n) is 1.55. The van der Waals surface area contributed by atoms with E-state index in [1.54, 1.807) is 0 Å². The van der Waals surface area contributed by atoms with E-state index in [2.05, 4.69) is 32.5 Å². The second-order valence-electron chi connectivity index (χ2n) is 4.84. The molecule has 0 spiro atoms. The van der Waals surface area contributed by atoms with Crippen LogP contribution in [0.1, 0.15) is 27.2 Å². The minimum absolute atomic E-state index is 0.155. The summed E-state index contributed by atoms with van der Waals surface area (Å²) in [6.07, 6.45) is 1.02. The van der Waals surface area contributed by atoms with Crippen LogP contribution in [0.15, 0.2) is 0 Å². The number of nitrogens with one attached hydrogen (secondary N) is 1. The maximum atomic E-state index is 11.9. The van der Waals surface area contributed by atoms with Crippen molar-refractivity contribution in [2.45, 2.75) is 33.6 Å². The number of rotatable bonds is 4. The van der Waals surface area contributed by atoms with Crippen molar-refractivity contribution in [3.8, 4) is 0 Å². The van der Waals surface area contributed by atoms with Crippen LogP contribution in [0.25, 0.3) is 0 Å². The molecule has 0 saturated heterocycles. The van der Waals surface area contributed by atoms with Gasteiger partial charge in [-0.2, -0.15) is 0 Å². The number of alkyl halides is 2. The Morgan fingerprint density at radius 1 is 1.46 bits per heavy atom. The smallest absolute Gasteiger partial charge is 0.250 e. The summed E-state index contributed by atoms with van der Waals surface area (Å²) >= 11 is 0. The molecule has 1 rings (SSSR count). The number of hydrogen-bond donors (Lipinski definition) is 1. The molecule has 0 aromatic heterocycles.